The SMILES string of the molecule is C=CC(=O)O.CCC[CH2][SnH]([CH3])[CH3]. The zero-order chi connectivity index (χ0) is 9.98. The van der Waals surface area contributed by atoms with Crippen LogP contribution < -0.4 is 0 Å². The predicted octanol–water partition coefficient (Wildman–Crippen LogP) is 2.53. The van der Waals surface area contributed by atoms with Crippen LogP contribution in [0.4, 0.5) is 0 Å². The average molecular weight is 279 g/mol. The Morgan fingerprint density at radius 2 is 2.00 bits per heavy atom. The third-order valence-corrected chi connectivity index (χ3v) is 5.77. The van der Waals surface area contributed by atoms with Crippen LogP contribution in [-0.4, -0.2) is 30.8 Å². The number of hydrogen-bond acceptors (Lipinski definition) is 1. The van der Waals surface area contributed by atoms with E-state index in [2.05, 4.69) is 23.4 Å². The van der Waals surface area contributed by atoms with Crippen molar-refractivity contribution in [1.82, 2.24) is 0 Å². The second-order valence-corrected chi connectivity index (χ2v) is 12.7. The molecule has 3 heteroatoms. The third-order valence-electron chi connectivity index (χ3n) is 1.31. The van der Waals surface area contributed by atoms with Crippen molar-refractivity contribution in [3.05, 3.63) is 12.7 Å². The molecular formula is C9H20O2Sn. The molecule has 0 radical (unpaired) electrons. The van der Waals surface area contributed by atoms with E-state index in [0.717, 1.165) is 6.08 Å². The molecule has 1 N–H and O–H groups in total. The maximum absolute atomic E-state index is 9.25. The summed E-state index contributed by atoms with van der Waals surface area (Å²) in [5, 5.41) is 7.60. The number of carboxylic acid groups (broad SMARTS) is 1. The normalized spacial score (nSPS) is 8.67. The van der Waals surface area contributed by atoms with Gasteiger partial charge in [-0.1, -0.05) is 6.58 Å². The van der Waals surface area contributed by atoms with E-state index in [1.54, 1.807) is 4.44 Å². The first-order valence-electron chi connectivity index (χ1n) is 4.39. The Balaban J connectivity index is 0. The molecule has 72 valence electrons. The minimum atomic E-state index is -0.981. The van der Waals surface area contributed by atoms with Crippen molar-refractivity contribution in [2.45, 2.75) is 34.1 Å². The van der Waals surface area contributed by atoms with Crippen LogP contribution in [0.5, 0.6) is 0 Å². The number of rotatable bonds is 4. The molecule has 0 amide bonds. The fraction of sp³-hybridized carbons (Fsp3) is 0.667. The molecule has 0 aromatic carbocycles. The van der Waals surface area contributed by atoms with Crippen molar-refractivity contribution in [3.8, 4) is 0 Å². The zero-order valence-electron chi connectivity index (χ0n) is 8.34. The average Bonchev–Trinajstić information content (AvgIpc) is 2.02. The van der Waals surface area contributed by atoms with E-state index >= 15 is 0 Å². The van der Waals surface area contributed by atoms with E-state index in [1.165, 1.54) is 12.8 Å². The summed E-state index contributed by atoms with van der Waals surface area (Å²) in [5.74, 6) is -0.981. The molecule has 2 nitrogen and oxygen atoms in total. The molecule has 0 saturated carbocycles. The molecule has 0 atom stereocenters. The van der Waals surface area contributed by atoms with Gasteiger partial charge in [0.2, 0.25) is 0 Å². The van der Waals surface area contributed by atoms with Gasteiger partial charge in [-0.15, -0.1) is 0 Å². The fourth-order valence-corrected chi connectivity index (χ4v) is 4.11. The third kappa shape index (κ3) is 22.5. The van der Waals surface area contributed by atoms with E-state index in [0.29, 0.717) is 0 Å². The molecule has 0 saturated heterocycles. The van der Waals surface area contributed by atoms with Gasteiger partial charge in [0, 0.05) is 6.08 Å². The first-order chi connectivity index (χ1) is 5.54. The Morgan fingerprint density at radius 3 is 2.08 bits per heavy atom. The second kappa shape index (κ2) is 11.0. The molecule has 0 fully saturated rings. The minimum absolute atomic E-state index is 0.747. The molecule has 0 unspecified atom stereocenters. The van der Waals surface area contributed by atoms with Gasteiger partial charge < -0.3 is 5.11 Å². The molecule has 12 heavy (non-hydrogen) atoms. The van der Waals surface area contributed by atoms with Crippen LogP contribution in [0.2, 0.25) is 14.3 Å². The van der Waals surface area contributed by atoms with E-state index in [1.807, 2.05) is 0 Å². The number of carbonyl (C=O) groups is 1. The standard InChI is InChI=1S/C4H9.C3H4O2.2CH3.Sn.H/c1-3-4-2;1-2-3(4)5;;;;/h1,3-4H2,2H3;2H,1H2,(H,4,5);2*1H3;;. The molecule has 0 spiro atoms. The Kier molecular flexibility index (Phi) is 13.3. The number of aliphatic carboxylic acids is 1. The number of hydrogen-bond donors (Lipinski definition) is 1. The van der Waals surface area contributed by atoms with E-state index < -0.39 is 25.7 Å². The van der Waals surface area contributed by atoms with Crippen LogP contribution in [0, 0.1) is 0 Å². The van der Waals surface area contributed by atoms with Crippen molar-refractivity contribution >= 4 is 25.7 Å². The van der Waals surface area contributed by atoms with Gasteiger partial charge in [-0.25, -0.2) is 4.79 Å². The summed E-state index contributed by atoms with van der Waals surface area (Å²) in [5.41, 5.74) is 0. The molecule has 0 heterocycles. The van der Waals surface area contributed by atoms with Crippen LogP contribution >= 0.6 is 0 Å². The molecular weight excluding hydrogens is 259 g/mol. The van der Waals surface area contributed by atoms with E-state index in [-0.39, 0.29) is 0 Å². The van der Waals surface area contributed by atoms with Gasteiger partial charge in [0.15, 0.2) is 0 Å². The van der Waals surface area contributed by atoms with Crippen LogP contribution in [0.1, 0.15) is 19.8 Å². The van der Waals surface area contributed by atoms with E-state index in [4.69, 9.17) is 5.11 Å². The van der Waals surface area contributed by atoms with Crippen molar-refractivity contribution in [2.24, 2.45) is 0 Å². The summed E-state index contributed by atoms with van der Waals surface area (Å²) in [4.78, 5) is 14.2. The molecule has 0 aliphatic carbocycles. The Morgan fingerprint density at radius 1 is 1.58 bits per heavy atom. The van der Waals surface area contributed by atoms with Gasteiger partial charge in [-0.2, -0.15) is 0 Å². The van der Waals surface area contributed by atoms with Crippen molar-refractivity contribution in [3.63, 3.8) is 0 Å². The molecule has 0 bridgehead atoms. The van der Waals surface area contributed by atoms with Crippen molar-refractivity contribution in [2.75, 3.05) is 0 Å². The van der Waals surface area contributed by atoms with Gasteiger partial charge in [0.1, 0.15) is 0 Å². The quantitative estimate of drug-likeness (QED) is 0.634. The predicted molar refractivity (Wildman–Crippen MR) is 56.4 cm³/mol. The zero-order valence-corrected chi connectivity index (χ0v) is 11.6. The van der Waals surface area contributed by atoms with Crippen LogP contribution in [0.15, 0.2) is 12.7 Å². The molecule has 0 rings (SSSR count). The first-order valence-corrected chi connectivity index (χ1v) is 13.3. The summed E-state index contributed by atoms with van der Waals surface area (Å²) in [7, 11) is 0. The summed E-state index contributed by atoms with van der Waals surface area (Å²) >= 11 is -0.747. The summed E-state index contributed by atoms with van der Waals surface area (Å²) < 4.78 is 1.61. The van der Waals surface area contributed by atoms with Crippen molar-refractivity contribution < 1.29 is 9.90 Å². The Labute approximate surface area is 82.4 Å². The summed E-state index contributed by atoms with van der Waals surface area (Å²) in [6, 6.07) is 0. The monoisotopic (exact) mass is 280 g/mol. The molecule has 0 aliphatic rings. The fourth-order valence-electron chi connectivity index (χ4n) is 0.612. The Bertz CT molecular complexity index is 122. The summed E-state index contributed by atoms with van der Waals surface area (Å²) in [6.45, 7) is 5.23. The van der Waals surface area contributed by atoms with Gasteiger partial charge in [0.25, 0.3) is 0 Å². The maximum atomic E-state index is 9.25. The van der Waals surface area contributed by atoms with E-state index in [9.17, 15) is 4.79 Å². The molecule has 0 aliphatic heterocycles. The topological polar surface area (TPSA) is 37.3 Å². The first kappa shape index (κ1) is 14.5. The van der Waals surface area contributed by atoms with Gasteiger partial charge in [0.05, 0.1) is 0 Å². The number of unbranched alkanes of at least 4 members (excludes halogenated alkanes) is 1. The second-order valence-electron chi connectivity index (χ2n) is 3.08. The van der Waals surface area contributed by atoms with Gasteiger partial charge in [-0.3, -0.25) is 0 Å². The Hall–Kier alpha value is 0.00870. The van der Waals surface area contributed by atoms with Crippen LogP contribution in [0.25, 0.3) is 0 Å². The van der Waals surface area contributed by atoms with Crippen molar-refractivity contribution in [1.29, 1.82) is 0 Å². The van der Waals surface area contributed by atoms with Gasteiger partial charge in [-0.05, 0) is 0 Å². The summed E-state index contributed by atoms with van der Waals surface area (Å²) in [6.07, 6.45) is 3.73. The van der Waals surface area contributed by atoms with Crippen LogP contribution in [-0.2, 0) is 4.79 Å². The molecule has 0 aromatic heterocycles. The van der Waals surface area contributed by atoms with Gasteiger partial charge >= 0.3 is 59.8 Å². The molecule has 0 aromatic rings. The van der Waals surface area contributed by atoms with Crippen LogP contribution in [0.3, 0.4) is 0 Å². The number of carboxylic acids is 1.